The van der Waals surface area contributed by atoms with Crippen LogP contribution in [-0.2, 0) is 6.18 Å². The van der Waals surface area contributed by atoms with E-state index < -0.39 is 23.2 Å². The molecule has 0 aliphatic carbocycles. The summed E-state index contributed by atoms with van der Waals surface area (Å²) in [6.07, 6.45) is -3.85. The molecule has 0 bridgehead atoms. The third-order valence-electron chi connectivity index (χ3n) is 1.97. The van der Waals surface area contributed by atoms with Gasteiger partial charge >= 0.3 is 6.18 Å². The lowest BCUT2D eigenvalue weighted by atomic mass is 10.4. The van der Waals surface area contributed by atoms with E-state index in [2.05, 4.69) is 4.98 Å². The van der Waals surface area contributed by atoms with Crippen LogP contribution in [0.5, 0.6) is 0 Å². The Labute approximate surface area is 91.5 Å². The SMILES string of the molecule is O=c1cc(C(F)(F)F)[nH]n1-c1ccc(F)cn1. The van der Waals surface area contributed by atoms with Crippen LogP contribution >= 0.6 is 0 Å². The summed E-state index contributed by atoms with van der Waals surface area (Å²) in [6, 6.07) is 2.49. The fourth-order valence-corrected chi connectivity index (χ4v) is 1.21. The zero-order valence-corrected chi connectivity index (χ0v) is 8.12. The Kier molecular flexibility index (Phi) is 2.49. The largest absolute Gasteiger partial charge is 0.432 e. The molecule has 4 nitrogen and oxygen atoms in total. The second kappa shape index (κ2) is 3.72. The van der Waals surface area contributed by atoms with Gasteiger partial charge in [0.05, 0.1) is 6.20 Å². The summed E-state index contributed by atoms with van der Waals surface area (Å²) in [6.45, 7) is 0. The lowest BCUT2D eigenvalue weighted by Crippen LogP contribution is -2.15. The van der Waals surface area contributed by atoms with Crippen LogP contribution in [0.4, 0.5) is 17.6 Å². The van der Waals surface area contributed by atoms with Crippen molar-refractivity contribution in [3.8, 4) is 5.82 Å². The number of aromatic nitrogens is 3. The van der Waals surface area contributed by atoms with Crippen LogP contribution in [-0.4, -0.2) is 14.8 Å². The van der Waals surface area contributed by atoms with Crippen LogP contribution in [0.15, 0.2) is 29.2 Å². The van der Waals surface area contributed by atoms with Gasteiger partial charge in [0.25, 0.3) is 5.56 Å². The number of halogens is 4. The van der Waals surface area contributed by atoms with Gasteiger partial charge in [-0.15, -0.1) is 0 Å². The summed E-state index contributed by atoms with van der Waals surface area (Å²) in [7, 11) is 0. The Hall–Kier alpha value is -2.12. The normalized spacial score (nSPS) is 11.8. The molecule has 0 saturated carbocycles. The van der Waals surface area contributed by atoms with Crippen LogP contribution in [0.3, 0.4) is 0 Å². The van der Waals surface area contributed by atoms with Gasteiger partial charge in [0, 0.05) is 6.07 Å². The first-order valence-electron chi connectivity index (χ1n) is 4.39. The summed E-state index contributed by atoms with van der Waals surface area (Å²) in [5.74, 6) is -0.767. The van der Waals surface area contributed by atoms with Gasteiger partial charge in [-0.3, -0.25) is 9.89 Å². The summed E-state index contributed by atoms with van der Waals surface area (Å²) < 4.78 is 50.0. The topological polar surface area (TPSA) is 50.7 Å². The third kappa shape index (κ3) is 2.19. The maximum atomic E-state index is 12.6. The molecule has 2 heterocycles. The minimum atomic E-state index is -4.65. The molecular formula is C9H5F4N3O. The first kappa shape index (κ1) is 11.4. The van der Waals surface area contributed by atoms with Crippen molar-refractivity contribution in [1.29, 1.82) is 0 Å². The zero-order valence-electron chi connectivity index (χ0n) is 8.12. The number of pyridine rings is 1. The highest BCUT2D eigenvalue weighted by Crippen LogP contribution is 2.26. The Balaban J connectivity index is 2.50. The quantitative estimate of drug-likeness (QED) is 0.780. The van der Waals surface area contributed by atoms with Crippen LogP contribution in [0, 0.1) is 5.82 Å². The fourth-order valence-electron chi connectivity index (χ4n) is 1.21. The molecule has 0 amide bonds. The van der Waals surface area contributed by atoms with E-state index in [-0.39, 0.29) is 5.82 Å². The van der Waals surface area contributed by atoms with Crippen molar-refractivity contribution < 1.29 is 17.6 Å². The Morgan fingerprint density at radius 1 is 1.29 bits per heavy atom. The number of nitrogens with one attached hydrogen (secondary N) is 1. The molecule has 0 spiro atoms. The molecule has 2 rings (SSSR count). The molecule has 2 aromatic heterocycles. The van der Waals surface area contributed by atoms with Gasteiger partial charge < -0.3 is 0 Å². The van der Waals surface area contributed by atoms with Gasteiger partial charge in [0.2, 0.25) is 0 Å². The van der Waals surface area contributed by atoms with Gasteiger partial charge in [-0.25, -0.2) is 14.1 Å². The maximum Gasteiger partial charge on any atom is 0.432 e. The van der Waals surface area contributed by atoms with Gasteiger partial charge in [-0.1, -0.05) is 0 Å². The molecule has 0 aromatic carbocycles. The van der Waals surface area contributed by atoms with Crippen molar-refractivity contribution in [3.63, 3.8) is 0 Å². The van der Waals surface area contributed by atoms with Crippen molar-refractivity contribution in [1.82, 2.24) is 14.8 Å². The molecule has 0 atom stereocenters. The average Bonchev–Trinajstić information content (AvgIpc) is 2.61. The van der Waals surface area contributed by atoms with Crippen LogP contribution in [0.1, 0.15) is 5.69 Å². The number of alkyl halides is 3. The molecule has 0 fully saturated rings. The highest BCUT2D eigenvalue weighted by molar-refractivity contribution is 5.22. The number of aromatic amines is 1. The van der Waals surface area contributed by atoms with E-state index in [0.717, 1.165) is 18.3 Å². The van der Waals surface area contributed by atoms with E-state index >= 15 is 0 Å². The van der Waals surface area contributed by atoms with Crippen LogP contribution < -0.4 is 5.56 Å². The molecule has 1 N–H and O–H groups in total. The molecule has 0 saturated heterocycles. The lowest BCUT2D eigenvalue weighted by Gasteiger charge is -2.03. The second-order valence-corrected chi connectivity index (χ2v) is 3.18. The van der Waals surface area contributed by atoms with Crippen molar-refractivity contribution >= 4 is 0 Å². The number of hydrogen-bond donors (Lipinski definition) is 1. The molecule has 0 aliphatic heterocycles. The van der Waals surface area contributed by atoms with E-state index in [9.17, 15) is 22.4 Å². The minimum absolute atomic E-state index is 0.119. The average molecular weight is 247 g/mol. The fraction of sp³-hybridized carbons (Fsp3) is 0.111. The Bertz CT molecular complexity index is 582. The van der Waals surface area contributed by atoms with Gasteiger partial charge in [0.1, 0.15) is 11.5 Å². The van der Waals surface area contributed by atoms with Crippen molar-refractivity contribution in [2.24, 2.45) is 0 Å². The molecule has 90 valence electrons. The molecule has 0 aliphatic rings. The van der Waals surface area contributed by atoms with Crippen LogP contribution in [0.2, 0.25) is 0 Å². The van der Waals surface area contributed by atoms with E-state index in [1.54, 1.807) is 0 Å². The number of hydrogen-bond acceptors (Lipinski definition) is 2. The number of H-pyrrole nitrogens is 1. The van der Waals surface area contributed by atoms with E-state index in [0.29, 0.717) is 10.7 Å². The molecule has 2 aromatic rings. The molecule has 17 heavy (non-hydrogen) atoms. The Morgan fingerprint density at radius 2 is 2.00 bits per heavy atom. The van der Waals surface area contributed by atoms with Crippen molar-refractivity contribution in [2.45, 2.75) is 6.18 Å². The maximum absolute atomic E-state index is 12.6. The second-order valence-electron chi connectivity index (χ2n) is 3.18. The smallest absolute Gasteiger partial charge is 0.285 e. The highest BCUT2D eigenvalue weighted by Gasteiger charge is 2.33. The molecule has 0 radical (unpaired) electrons. The predicted molar refractivity (Wildman–Crippen MR) is 49.1 cm³/mol. The summed E-state index contributed by atoms with van der Waals surface area (Å²) in [4.78, 5) is 14.8. The van der Waals surface area contributed by atoms with E-state index in [1.165, 1.54) is 0 Å². The standard InChI is InChI=1S/C9H5F4N3O/c10-5-1-2-7(14-4-5)16-8(17)3-6(15-16)9(11,12)13/h1-4,15H. The predicted octanol–water partition coefficient (Wildman–Crippen LogP) is 1.72. The van der Waals surface area contributed by atoms with Crippen molar-refractivity contribution in [2.75, 3.05) is 0 Å². The first-order chi connectivity index (χ1) is 7.88. The minimum Gasteiger partial charge on any atom is -0.285 e. The summed E-state index contributed by atoms with van der Waals surface area (Å²) in [5.41, 5.74) is -2.11. The lowest BCUT2D eigenvalue weighted by molar-refractivity contribution is -0.141. The molecule has 8 heteroatoms. The Morgan fingerprint density at radius 3 is 2.47 bits per heavy atom. The van der Waals surface area contributed by atoms with E-state index in [1.807, 2.05) is 5.10 Å². The summed E-state index contributed by atoms with van der Waals surface area (Å²) >= 11 is 0. The van der Waals surface area contributed by atoms with Gasteiger partial charge in [-0.2, -0.15) is 13.2 Å². The summed E-state index contributed by atoms with van der Waals surface area (Å²) in [5, 5.41) is 1.85. The number of rotatable bonds is 1. The van der Waals surface area contributed by atoms with Crippen molar-refractivity contribution in [3.05, 3.63) is 46.3 Å². The monoisotopic (exact) mass is 247 g/mol. The first-order valence-corrected chi connectivity index (χ1v) is 4.39. The van der Waals surface area contributed by atoms with Gasteiger partial charge in [-0.05, 0) is 12.1 Å². The highest BCUT2D eigenvalue weighted by atomic mass is 19.4. The number of nitrogens with zero attached hydrogens (tertiary/aromatic N) is 2. The van der Waals surface area contributed by atoms with E-state index in [4.69, 9.17) is 0 Å². The zero-order chi connectivity index (χ0) is 12.6. The van der Waals surface area contributed by atoms with Crippen LogP contribution in [0.25, 0.3) is 5.82 Å². The molecular weight excluding hydrogens is 242 g/mol. The third-order valence-corrected chi connectivity index (χ3v) is 1.97. The van der Waals surface area contributed by atoms with Gasteiger partial charge in [0.15, 0.2) is 5.82 Å². The molecule has 0 unspecified atom stereocenters.